The summed E-state index contributed by atoms with van der Waals surface area (Å²) < 4.78 is 17.0. The van der Waals surface area contributed by atoms with Crippen molar-refractivity contribution in [3.8, 4) is 0 Å². The number of carboxylic acid groups (broad SMARTS) is 2. The van der Waals surface area contributed by atoms with Crippen LogP contribution in [0.2, 0.25) is 0 Å². The Hall–Kier alpha value is -2.82. The molecule has 0 bridgehead atoms. The van der Waals surface area contributed by atoms with E-state index in [0.29, 0.717) is 37.1 Å². The Morgan fingerprint density at radius 3 is 2.31 bits per heavy atom. The number of carbonyl (C=O) groups excluding carboxylic acids is 2. The van der Waals surface area contributed by atoms with Crippen molar-refractivity contribution in [3.05, 3.63) is 29.8 Å². The van der Waals surface area contributed by atoms with E-state index in [1.54, 1.807) is 31.2 Å². The molecule has 0 fully saturated rings. The van der Waals surface area contributed by atoms with Gasteiger partial charge in [0, 0.05) is 22.8 Å². The zero-order chi connectivity index (χ0) is 23.9. The fourth-order valence-corrected chi connectivity index (χ4v) is 3.34. The van der Waals surface area contributed by atoms with Crippen LogP contribution in [0.15, 0.2) is 29.2 Å². The summed E-state index contributed by atoms with van der Waals surface area (Å²) in [7, 11) is 0. The molecule has 32 heavy (non-hydrogen) atoms. The van der Waals surface area contributed by atoms with E-state index in [1.165, 1.54) is 11.8 Å². The molecule has 2 amide bonds. The normalized spacial score (nSPS) is 12.4. The molecule has 1 aromatic carbocycles. The summed E-state index contributed by atoms with van der Waals surface area (Å²) in [6.07, 6.45) is -0.964. The van der Waals surface area contributed by atoms with Crippen molar-refractivity contribution in [1.29, 1.82) is 0 Å². The molecular formula is C21H29FN2O7S. The van der Waals surface area contributed by atoms with Crippen LogP contribution < -0.4 is 10.6 Å². The molecule has 0 aromatic heterocycles. The third-order valence-electron chi connectivity index (χ3n) is 4.33. The number of halogens is 1. The molecule has 0 aliphatic rings. The Morgan fingerprint density at radius 1 is 1.06 bits per heavy atom. The second-order valence-corrected chi connectivity index (χ2v) is 8.04. The summed E-state index contributed by atoms with van der Waals surface area (Å²) in [4.78, 5) is 47.2. The molecule has 0 radical (unpaired) electrons. The van der Waals surface area contributed by atoms with Crippen molar-refractivity contribution in [1.82, 2.24) is 10.6 Å². The number of thioether (sulfide) groups is 1. The highest BCUT2D eigenvalue weighted by Gasteiger charge is 2.25. The minimum atomic E-state index is -1.42. The van der Waals surface area contributed by atoms with Crippen molar-refractivity contribution >= 4 is 35.7 Å². The zero-order valence-corrected chi connectivity index (χ0v) is 18.7. The summed E-state index contributed by atoms with van der Waals surface area (Å²) >= 11 is 1.36. The third-order valence-corrected chi connectivity index (χ3v) is 5.30. The fourth-order valence-electron chi connectivity index (χ4n) is 2.70. The maximum atomic E-state index is 12.2. The molecule has 1 rings (SSSR count). The van der Waals surface area contributed by atoms with Crippen LogP contribution in [0.25, 0.3) is 0 Å². The van der Waals surface area contributed by atoms with Gasteiger partial charge in [-0.3, -0.25) is 9.18 Å². The van der Waals surface area contributed by atoms with Crippen molar-refractivity contribution in [2.45, 2.75) is 56.1 Å². The van der Waals surface area contributed by atoms with E-state index in [1.807, 2.05) is 0 Å². The minimum Gasteiger partial charge on any atom is -0.480 e. The molecular weight excluding hydrogens is 443 g/mol. The average Bonchev–Trinajstić information content (AvgIpc) is 2.76. The predicted molar refractivity (Wildman–Crippen MR) is 117 cm³/mol. The Balaban J connectivity index is 2.38. The second kappa shape index (κ2) is 15.1. The predicted octanol–water partition coefficient (Wildman–Crippen LogP) is 3.08. The van der Waals surface area contributed by atoms with E-state index in [2.05, 4.69) is 10.6 Å². The van der Waals surface area contributed by atoms with Crippen LogP contribution in [0.4, 0.5) is 9.18 Å². The van der Waals surface area contributed by atoms with Crippen molar-refractivity contribution < 1.29 is 38.5 Å². The number of aliphatic carboxylic acids is 2. The summed E-state index contributed by atoms with van der Waals surface area (Å²) in [6, 6.07) is 5.63. The van der Waals surface area contributed by atoms with Gasteiger partial charge >= 0.3 is 18.0 Å². The van der Waals surface area contributed by atoms with Crippen molar-refractivity contribution in [2.75, 3.05) is 19.0 Å². The lowest BCUT2D eigenvalue weighted by Crippen LogP contribution is -2.43. The highest BCUT2D eigenvalue weighted by atomic mass is 32.2. The maximum absolute atomic E-state index is 12.2. The number of alkyl halides is 1. The number of amides is 2. The number of benzene rings is 1. The van der Waals surface area contributed by atoms with E-state index in [-0.39, 0.29) is 18.7 Å². The molecule has 2 atom stereocenters. The number of hydrogen-bond donors (Lipinski definition) is 4. The van der Waals surface area contributed by atoms with Gasteiger partial charge in [0.15, 0.2) is 0 Å². The van der Waals surface area contributed by atoms with Crippen molar-refractivity contribution in [2.24, 2.45) is 0 Å². The molecule has 9 nitrogen and oxygen atoms in total. The average molecular weight is 473 g/mol. The van der Waals surface area contributed by atoms with Crippen molar-refractivity contribution in [3.63, 3.8) is 0 Å². The highest BCUT2D eigenvalue weighted by molar-refractivity contribution is 7.99. The monoisotopic (exact) mass is 472 g/mol. The molecule has 0 heterocycles. The number of rotatable bonds is 15. The summed E-state index contributed by atoms with van der Waals surface area (Å²) in [5.74, 6) is -2.49. The lowest BCUT2D eigenvalue weighted by Gasteiger charge is -2.17. The molecule has 0 aliphatic heterocycles. The van der Waals surface area contributed by atoms with Gasteiger partial charge in [0.2, 0.25) is 6.10 Å². The summed E-state index contributed by atoms with van der Waals surface area (Å²) in [6.45, 7) is 1.63. The zero-order valence-electron chi connectivity index (χ0n) is 17.8. The first-order valence-electron chi connectivity index (χ1n) is 10.3. The Bertz CT molecular complexity index is 761. The largest absolute Gasteiger partial charge is 0.480 e. The quantitative estimate of drug-likeness (QED) is 0.225. The van der Waals surface area contributed by atoms with Gasteiger partial charge in [-0.2, -0.15) is 0 Å². The second-order valence-electron chi connectivity index (χ2n) is 6.87. The lowest BCUT2D eigenvalue weighted by atomic mass is 10.1. The summed E-state index contributed by atoms with van der Waals surface area (Å²) in [5.41, 5.74) is 0.457. The van der Waals surface area contributed by atoms with Crippen LogP contribution in [0.3, 0.4) is 0 Å². The third kappa shape index (κ3) is 10.5. The maximum Gasteiger partial charge on any atom is 0.408 e. The number of ether oxygens (including phenoxy) is 1. The molecule has 4 N–H and O–H groups in total. The van der Waals surface area contributed by atoms with Gasteiger partial charge in [-0.25, -0.2) is 14.4 Å². The van der Waals surface area contributed by atoms with Crippen LogP contribution in [-0.4, -0.2) is 65.3 Å². The molecule has 11 heteroatoms. The van der Waals surface area contributed by atoms with Crippen LogP contribution in [0.5, 0.6) is 0 Å². The van der Waals surface area contributed by atoms with Gasteiger partial charge < -0.3 is 25.6 Å². The minimum absolute atomic E-state index is 0.0185. The summed E-state index contributed by atoms with van der Waals surface area (Å²) in [5, 5.41) is 23.1. The highest BCUT2D eigenvalue weighted by Crippen LogP contribution is 2.18. The lowest BCUT2D eigenvalue weighted by molar-refractivity contribution is -0.147. The molecule has 178 valence electrons. The molecule has 0 unspecified atom stereocenters. The number of carbonyl (C=O) groups is 4. The molecule has 1 aromatic rings. The van der Waals surface area contributed by atoms with Crippen LogP contribution in [0, 0.1) is 0 Å². The SMILES string of the molecule is CCC[C@H](NC(=O)O[C@@H](CCCCNC(=O)c1ccc(SCCF)cc1)C(=O)O)C(=O)O. The van der Waals surface area contributed by atoms with E-state index in [0.717, 1.165) is 4.90 Å². The smallest absolute Gasteiger partial charge is 0.408 e. The van der Waals surface area contributed by atoms with E-state index in [4.69, 9.17) is 9.84 Å². The molecule has 0 saturated carbocycles. The molecule has 0 aliphatic carbocycles. The van der Waals surface area contributed by atoms with Gasteiger partial charge in [-0.15, -0.1) is 11.8 Å². The first-order valence-corrected chi connectivity index (χ1v) is 11.3. The Kier molecular flexibility index (Phi) is 12.8. The van der Waals surface area contributed by atoms with Gasteiger partial charge in [0.05, 0.1) is 6.67 Å². The first kappa shape index (κ1) is 27.2. The van der Waals surface area contributed by atoms with Gasteiger partial charge in [0.25, 0.3) is 5.91 Å². The Labute approximate surface area is 190 Å². The first-order chi connectivity index (χ1) is 15.3. The van der Waals surface area contributed by atoms with Gasteiger partial charge in [-0.05, 0) is 49.9 Å². The van der Waals surface area contributed by atoms with Crippen LogP contribution >= 0.6 is 11.8 Å². The van der Waals surface area contributed by atoms with Gasteiger partial charge in [0.1, 0.15) is 6.04 Å². The topological polar surface area (TPSA) is 142 Å². The fraction of sp³-hybridized carbons (Fsp3) is 0.524. The number of hydrogen-bond acceptors (Lipinski definition) is 6. The van der Waals surface area contributed by atoms with E-state index < -0.39 is 36.9 Å². The molecule has 0 spiro atoms. The standard InChI is InChI=1S/C21H29FN2O7S/c1-2-5-16(19(26)27)24-21(30)31-17(20(28)29)6-3-4-12-23-18(25)14-7-9-15(10-8-14)32-13-11-22/h7-10,16-17H,2-6,11-13H2,1H3,(H,23,25)(H,24,30)(H,26,27)(H,28,29)/t16-,17-/m0/s1. The van der Waals surface area contributed by atoms with E-state index in [9.17, 15) is 28.7 Å². The van der Waals surface area contributed by atoms with Crippen LogP contribution in [0.1, 0.15) is 49.4 Å². The van der Waals surface area contributed by atoms with Gasteiger partial charge in [-0.1, -0.05) is 13.3 Å². The number of unbranched alkanes of at least 4 members (excludes halogenated alkanes) is 1. The Morgan fingerprint density at radius 2 is 1.75 bits per heavy atom. The molecule has 0 saturated heterocycles. The van der Waals surface area contributed by atoms with Crippen LogP contribution in [-0.2, 0) is 14.3 Å². The number of alkyl carbamates (subject to hydrolysis) is 1. The number of nitrogens with one attached hydrogen (secondary N) is 2. The van der Waals surface area contributed by atoms with E-state index >= 15 is 0 Å². The number of carboxylic acids is 2.